The van der Waals surface area contributed by atoms with Gasteiger partial charge in [0.05, 0.1) is 0 Å². The topological polar surface area (TPSA) is 94.3 Å². The van der Waals surface area contributed by atoms with Crippen molar-refractivity contribution in [3.8, 4) is 0 Å². The smallest absolute Gasteiger partial charge is 0.232 e. The molecule has 2 N–H and O–H groups in total. The molecule has 0 saturated heterocycles. The van der Waals surface area contributed by atoms with Gasteiger partial charge in [-0.2, -0.15) is 0 Å². The number of Topliss-reactive ketones (excluding diaryl/α,β-unsaturated/α-hetero) is 1. The second kappa shape index (κ2) is 5.26. The minimum Gasteiger partial charge on any atom is -0.369 e. The molecular weight excluding hydrogens is 261 g/mol. The van der Waals surface area contributed by atoms with Crippen molar-refractivity contribution in [1.29, 1.82) is 0 Å². The highest BCUT2D eigenvalue weighted by molar-refractivity contribution is 7.93. The van der Waals surface area contributed by atoms with Crippen molar-refractivity contribution in [1.82, 2.24) is 0 Å². The van der Waals surface area contributed by atoms with E-state index in [1.54, 1.807) is 0 Å². The highest BCUT2D eigenvalue weighted by atomic mass is 32.2. The van der Waals surface area contributed by atoms with E-state index in [1.807, 2.05) is 0 Å². The molecule has 0 aliphatic carbocycles. The van der Waals surface area contributed by atoms with Gasteiger partial charge in [-0.15, -0.1) is 0 Å². The van der Waals surface area contributed by atoms with Crippen LogP contribution in [0.15, 0.2) is 24.3 Å². The van der Waals surface area contributed by atoms with Crippen LogP contribution in [0.3, 0.4) is 0 Å². The lowest BCUT2D eigenvalue weighted by Gasteiger charge is -2.10. The lowest BCUT2D eigenvalue weighted by atomic mass is 10.1. The number of ketones is 1. The number of hydrogen-bond donors (Lipinski definition) is 1. The Morgan fingerprint density at radius 1 is 1.28 bits per heavy atom. The molecule has 0 fully saturated rings. The van der Waals surface area contributed by atoms with E-state index < -0.39 is 38.3 Å². The van der Waals surface area contributed by atoms with Gasteiger partial charge in [-0.3, -0.25) is 9.59 Å². The van der Waals surface area contributed by atoms with Crippen molar-refractivity contribution in [2.45, 2.75) is 12.2 Å². The molecule has 0 heterocycles. The fourth-order valence-corrected chi connectivity index (χ4v) is 2.44. The Morgan fingerprint density at radius 3 is 2.22 bits per heavy atom. The highest BCUT2D eigenvalue weighted by Crippen LogP contribution is 2.12. The predicted molar refractivity (Wildman–Crippen MR) is 63.2 cm³/mol. The average Bonchev–Trinajstić information content (AvgIpc) is 2.26. The summed E-state index contributed by atoms with van der Waals surface area (Å²) < 4.78 is 35.9. The maximum Gasteiger partial charge on any atom is 0.232 e. The van der Waals surface area contributed by atoms with Crippen molar-refractivity contribution in [3.63, 3.8) is 0 Å². The summed E-state index contributed by atoms with van der Waals surface area (Å²) in [5, 5.41) is -1.39. The Kier molecular flexibility index (Phi) is 4.18. The number of rotatable bonds is 5. The van der Waals surface area contributed by atoms with Gasteiger partial charge < -0.3 is 5.73 Å². The van der Waals surface area contributed by atoms with Crippen LogP contribution in [0, 0.1) is 5.82 Å². The van der Waals surface area contributed by atoms with Crippen LogP contribution in [0.4, 0.5) is 4.39 Å². The first-order valence-corrected chi connectivity index (χ1v) is 6.75. The Morgan fingerprint density at radius 2 is 1.78 bits per heavy atom. The lowest BCUT2D eigenvalue weighted by Crippen LogP contribution is -2.34. The van der Waals surface area contributed by atoms with E-state index in [2.05, 4.69) is 0 Å². The van der Waals surface area contributed by atoms with E-state index in [1.165, 1.54) is 19.1 Å². The summed E-state index contributed by atoms with van der Waals surface area (Å²) >= 11 is 0. The van der Waals surface area contributed by atoms with E-state index in [-0.39, 0.29) is 5.56 Å². The van der Waals surface area contributed by atoms with Crippen LogP contribution in [0.5, 0.6) is 0 Å². The van der Waals surface area contributed by atoms with Crippen molar-refractivity contribution in [3.05, 3.63) is 35.6 Å². The normalized spacial score (nSPS) is 13.0. The molecule has 1 aromatic carbocycles. The Balaban J connectivity index is 2.97. The molecule has 0 aromatic heterocycles. The molecule has 0 bridgehead atoms. The molecule has 98 valence electrons. The Labute approximate surface area is 104 Å². The Hall–Kier alpha value is -1.76. The van der Waals surface area contributed by atoms with Gasteiger partial charge in [0.15, 0.2) is 15.6 Å². The first kappa shape index (κ1) is 14.3. The standard InChI is InChI=1S/C11H12FNO4S/c1-7(18(16,17)6-10(13)14)11(15)8-2-4-9(12)5-3-8/h2-5,7H,6H2,1H3,(H2,13,14). The minimum absolute atomic E-state index is 0.0666. The number of carbonyl (C=O) groups excluding carboxylic acids is 2. The highest BCUT2D eigenvalue weighted by Gasteiger charge is 2.30. The van der Waals surface area contributed by atoms with Gasteiger partial charge in [-0.05, 0) is 31.2 Å². The minimum atomic E-state index is -3.93. The van der Waals surface area contributed by atoms with Crippen molar-refractivity contribution >= 4 is 21.5 Å². The fraction of sp³-hybridized carbons (Fsp3) is 0.273. The summed E-state index contributed by atoms with van der Waals surface area (Å²) in [6.07, 6.45) is 0. The van der Waals surface area contributed by atoms with E-state index in [9.17, 15) is 22.4 Å². The van der Waals surface area contributed by atoms with Crippen LogP contribution in [-0.2, 0) is 14.6 Å². The van der Waals surface area contributed by atoms with Crippen LogP contribution >= 0.6 is 0 Å². The SMILES string of the molecule is CC(C(=O)c1ccc(F)cc1)S(=O)(=O)CC(N)=O. The molecule has 0 radical (unpaired) electrons. The second-order valence-electron chi connectivity index (χ2n) is 3.79. The maximum atomic E-state index is 12.7. The van der Waals surface area contributed by atoms with E-state index in [0.717, 1.165) is 12.1 Å². The molecular formula is C11H12FNO4S. The summed E-state index contributed by atoms with van der Waals surface area (Å²) in [7, 11) is -3.93. The van der Waals surface area contributed by atoms with Crippen LogP contribution < -0.4 is 5.73 Å². The lowest BCUT2D eigenvalue weighted by molar-refractivity contribution is -0.115. The number of primary amides is 1. The van der Waals surface area contributed by atoms with Crippen LogP contribution in [0.1, 0.15) is 17.3 Å². The van der Waals surface area contributed by atoms with E-state index in [4.69, 9.17) is 5.73 Å². The summed E-state index contributed by atoms with van der Waals surface area (Å²) in [6, 6.07) is 4.49. The molecule has 1 amide bonds. The third-order valence-electron chi connectivity index (χ3n) is 2.38. The van der Waals surface area contributed by atoms with Crippen LogP contribution in [0.2, 0.25) is 0 Å². The van der Waals surface area contributed by atoms with E-state index in [0.29, 0.717) is 0 Å². The zero-order valence-corrected chi connectivity index (χ0v) is 10.4. The first-order chi connectivity index (χ1) is 8.24. The monoisotopic (exact) mass is 273 g/mol. The molecule has 0 spiro atoms. The molecule has 0 aliphatic rings. The van der Waals surface area contributed by atoms with Gasteiger partial charge in [0.25, 0.3) is 0 Å². The molecule has 7 heteroatoms. The number of carbonyl (C=O) groups is 2. The zero-order valence-electron chi connectivity index (χ0n) is 9.59. The molecule has 1 atom stereocenters. The van der Waals surface area contributed by atoms with Crippen molar-refractivity contribution in [2.24, 2.45) is 5.73 Å². The van der Waals surface area contributed by atoms with Gasteiger partial charge in [0.1, 0.15) is 16.8 Å². The number of nitrogens with two attached hydrogens (primary N) is 1. The average molecular weight is 273 g/mol. The van der Waals surface area contributed by atoms with Gasteiger partial charge >= 0.3 is 0 Å². The molecule has 1 unspecified atom stereocenters. The summed E-state index contributed by atoms with van der Waals surface area (Å²) in [5.74, 6) is -3.13. The van der Waals surface area contributed by atoms with Gasteiger partial charge in [0, 0.05) is 5.56 Å². The van der Waals surface area contributed by atoms with Crippen molar-refractivity contribution in [2.75, 3.05) is 5.75 Å². The molecule has 0 saturated carbocycles. The van der Waals surface area contributed by atoms with Crippen LogP contribution in [0.25, 0.3) is 0 Å². The second-order valence-corrected chi connectivity index (χ2v) is 6.11. The molecule has 18 heavy (non-hydrogen) atoms. The molecule has 0 aliphatic heterocycles. The van der Waals surface area contributed by atoms with E-state index >= 15 is 0 Å². The number of hydrogen-bond acceptors (Lipinski definition) is 4. The largest absolute Gasteiger partial charge is 0.369 e. The van der Waals surface area contributed by atoms with Gasteiger partial charge in [-0.1, -0.05) is 0 Å². The Bertz CT molecular complexity index is 565. The zero-order chi connectivity index (χ0) is 13.9. The summed E-state index contributed by atoms with van der Waals surface area (Å²) in [4.78, 5) is 22.4. The van der Waals surface area contributed by atoms with Crippen LogP contribution in [-0.4, -0.2) is 31.1 Å². The number of sulfone groups is 1. The third-order valence-corrected chi connectivity index (χ3v) is 4.36. The summed E-state index contributed by atoms with van der Waals surface area (Å²) in [6.45, 7) is 1.17. The quantitative estimate of drug-likeness (QED) is 0.780. The fourth-order valence-electron chi connectivity index (χ4n) is 1.34. The number of halogens is 1. The first-order valence-electron chi connectivity index (χ1n) is 5.03. The van der Waals surface area contributed by atoms with Gasteiger partial charge in [-0.25, -0.2) is 12.8 Å². The maximum absolute atomic E-state index is 12.7. The third kappa shape index (κ3) is 3.36. The predicted octanol–water partition coefficient (Wildman–Crippen LogP) is 0.297. The number of amides is 1. The van der Waals surface area contributed by atoms with Crippen molar-refractivity contribution < 1.29 is 22.4 Å². The molecule has 1 rings (SSSR count). The summed E-state index contributed by atoms with van der Waals surface area (Å²) in [5.41, 5.74) is 4.86. The van der Waals surface area contributed by atoms with Gasteiger partial charge in [0.2, 0.25) is 5.91 Å². The molecule has 1 aromatic rings. The number of benzene rings is 1. The molecule has 5 nitrogen and oxygen atoms in total.